The molecule has 4 radical (unpaired) electrons. The Morgan fingerprint density at radius 3 is 0.900 bits per heavy atom. The van der Waals surface area contributed by atoms with Gasteiger partial charge >= 0.3 is 0 Å². The van der Waals surface area contributed by atoms with Crippen molar-refractivity contribution in [2.24, 2.45) is 5.92 Å². The molecule has 5 N–H and O–H groups in total. The van der Waals surface area contributed by atoms with Gasteiger partial charge in [0.2, 0.25) is 23.6 Å². The van der Waals surface area contributed by atoms with Crippen molar-refractivity contribution in [3.05, 3.63) is 51.0 Å². The molecule has 8 amide bonds. The van der Waals surface area contributed by atoms with Gasteiger partial charge in [-0.2, -0.15) is 0 Å². The van der Waals surface area contributed by atoms with Gasteiger partial charge in [0.15, 0.2) is 5.78 Å². The van der Waals surface area contributed by atoms with E-state index in [1.807, 2.05) is 13.8 Å². The number of carbonyl (C=O) groups is 9. The van der Waals surface area contributed by atoms with Crippen molar-refractivity contribution in [1.29, 1.82) is 0 Å². The Bertz CT molecular complexity index is 1020. The van der Waals surface area contributed by atoms with E-state index in [0.717, 1.165) is 0 Å². The van der Waals surface area contributed by atoms with E-state index in [-0.39, 0.29) is 191 Å². The predicted octanol–water partition coefficient (Wildman–Crippen LogP) is -0.933. The van der Waals surface area contributed by atoms with Crippen LogP contribution in [0.25, 0.3) is 21.3 Å². The van der Waals surface area contributed by atoms with E-state index in [4.69, 9.17) is 0 Å². The Kier molecular flexibility index (Phi) is 61.6. The van der Waals surface area contributed by atoms with Gasteiger partial charge in [-0.1, -0.05) is 27.7 Å². The summed E-state index contributed by atoms with van der Waals surface area (Å²) in [5.74, 6) is -6.39. The number of rotatable bonds is 20. The number of ketones is 1. The van der Waals surface area contributed by atoms with Crippen LogP contribution in [-0.4, -0.2) is 118 Å². The molecule has 0 aromatic rings. The molecule has 0 rings (SSSR count). The maximum absolute atomic E-state index is 11.7. The number of Topliss-reactive ketones (excluding diaryl/α,β-unsaturated/α-hetero) is 1. The first-order chi connectivity index (χ1) is 19.7. The normalized spacial score (nSPS) is 8.60. The fourth-order valence-corrected chi connectivity index (χ4v) is 2.29. The number of amides is 8. The van der Waals surface area contributed by atoms with Crippen molar-refractivity contribution in [1.82, 2.24) is 26.6 Å². The fraction of sp³-hybridized carbons (Fsp3) is 0.536. The molecule has 0 unspecified atom stereocenters. The van der Waals surface area contributed by atoms with Crippen LogP contribution < -0.4 is 26.6 Å². The molecule has 22 heteroatoms. The second-order valence-corrected chi connectivity index (χ2v) is 9.10. The molecule has 0 aliphatic heterocycles. The minimum Gasteiger partial charge on any atom is -0.645 e. The van der Waals surface area contributed by atoms with E-state index in [9.17, 15) is 43.2 Å². The number of nitrogens with zero attached hydrogens (tertiary/aromatic N) is 4. The van der Waals surface area contributed by atoms with Crippen molar-refractivity contribution in [3.63, 3.8) is 0 Å². The van der Waals surface area contributed by atoms with E-state index < -0.39 is 93.1 Å². The largest absolute Gasteiger partial charge is 0.645 e. The molecule has 0 spiro atoms. The van der Waals surface area contributed by atoms with E-state index in [0.29, 0.717) is 0 Å². The summed E-state index contributed by atoms with van der Waals surface area (Å²) in [5.41, 5.74) is 0. The van der Waals surface area contributed by atoms with E-state index in [2.05, 4.69) is 47.9 Å². The minimum absolute atomic E-state index is 0. The van der Waals surface area contributed by atoms with Crippen molar-refractivity contribution < 1.29 is 174 Å². The summed E-state index contributed by atoms with van der Waals surface area (Å²) >= 11 is 0. The third-order valence-electron chi connectivity index (χ3n) is 4.67. The molecule has 0 saturated heterocycles. The molecular weight excluding hydrogens is 962 g/mol. The maximum Gasteiger partial charge on any atom is 0.202 e. The monoisotopic (exact) mass is 1010 g/mol. The second kappa shape index (κ2) is 43.2. The molecule has 280 valence electrons. The summed E-state index contributed by atoms with van der Waals surface area (Å²) in [4.78, 5) is 105. The van der Waals surface area contributed by atoms with Gasteiger partial charge in [-0.15, -0.1) is 0 Å². The first-order valence-electron chi connectivity index (χ1n) is 12.8. The summed E-state index contributed by atoms with van der Waals surface area (Å²) in [6.45, 7) is 2.89. The molecule has 0 aromatic heterocycles. The van der Waals surface area contributed by atoms with Crippen molar-refractivity contribution in [2.45, 2.75) is 33.7 Å². The molecule has 0 aliphatic carbocycles. The molecule has 0 aliphatic rings. The Morgan fingerprint density at radius 2 is 0.660 bits per heavy atom. The smallest absolute Gasteiger partial charge is 0.202 e. The van der Waals surface area contributed by atoms with Crippen LogP contribution in [0.1, 0.15) is 27.7 Å². The van der Waals surface area contributed by atoms with E-state index in [1.165, 1.54) is 0 Å². The number of hydrogen-bond donors (Lipinski definition) is 5. The Hall–Kier alpha value is -0.194. The van der Waals surface area contributed by atoms with Crippen LogP contribution in [0.5, 0.6) is 0 Å². The standard InChI is InChI=1S/C24H41N9O9.4CH3.4Y/c1-14(2)16(34)5-26-18(36)7-28-20(38)9-30-22(40)11-32-24(42)13-33-23(41)12-31-21(39)10-29-19(37)8-27-17(35)6-25-15(3)4;;;;;;;;/h14-15,25H,5-13H2,1-4H3,(H8,26,27,28,29,30,31,32,33,35,36,37,38,39,40,41,42);4*1H3;;;;/q;4*-1;;;;/p-4. The number of carbonyl (C=O) groups excluding carboxylic acids is 9. The summed E-state index contributed by atoms with van der Waals surface area (Å²) in [6.07, 6.45) is 0. The van der Waals surface area contributed by atoms with E-state index >= 15 is 0 Å². The molecule has 0 aromatic carbocycles. The SMILES string of the molecule is CC(C)NCC(=O)[N-]CC(=O)NCC(=O)[N-]CC(=O)NCC(=O)[N-]CC(=O)NCC(=O)[N-]CC(=O)NCC(=O)C(C)C.[CH3-].[CH3-].[CH3-].[CH3-].[Y].[Y].[Y].[Y]. The molecule has 18 nitrogen and oxygen atoms in total. The van der Waals surface area contributed by atoms with Crippen molar-refractivity contribution >= 4 is 53.0 Å². The maximum atomic E-state index is 11.7. The predicted molar refractivity (Wildman–Crippen MR) is 174 cm³/mol. The molecule has 0 bridgehead atoms. The molecule has 0 heterocycles. The summed E-state index contributed by atoms with van der Waals surface area (Å²) in [5, 5.41) is 25.5. The quantitative estimate of drug-likeness (QED) is 0.0936. The van der Waals surface area contributed by atoms with Gasteiger partial charge in [0.1, 0.15) is 0 Å². The Morgan fingerprint density at radius 1 is 0.420 bits per heavy atom. The van der Waals surface area contributed by atoms with Crippen LogP contribution in [0.2, 0.25) is 0 Å². The number of nitrogens with one attached hydrogen (secondary N) is 5. The van der Waals surface area contributed by atoms with Crippen molar-refractivity contribution in [3.8, 4) is 0 Å². The molecule has 0 saturated carbocycles. The Balaban J connectivity index is -0.000000300. The summed E-state index contributed by atoms with van der Waals surface area (Å²) < 4.78 is 0. The zero-order valence-corrected chi connectivity index (χ0v) is 41.6. The average molecular weight is 1010 g/mol. The van der Waals surface area contributed by atoms with Crippen LogP contribution in [0.4, 0.5) is 0 Å². The van der Waals surface area contributed by atoms with Crippen LogP contribution >= 0.6 is 0 Å². The van der Waals surface area contributed by atoms with Gasteiger partial charge in [-0.05, 0) is 26.2 Å². The average Bonchev–Trinajstić information content (AvgIpc) is 2.94. The summed E-state index contributed by atoms with van der Waals surface area (Å²) in [7, 11) is 0. The fourth-order valence-electron chi connectivity index (χ4n) is 2.29. The minimum atomic E-state index is -0.873. The molecular formula is C28H49N9O9Y4-8. The van der Waals surface area contributed by atoms with Crippen LogP contribution in [0.15, 0.2) is 0 Å². The third kappa shape index (κ3) is 44.0. The Labute approximate surface area is 398 Å². The van der Waals surface area contributed by atoms with Gasteiger partial charge in [0.05, 0.1) is 49.8 Å². The molecule has 50 heavy (non-hydrogen) atoms. The van der Waals surface area contributed by atoms with Crippen molar-refractivity contribution in [2.75, 3.05) is 58.9 Å². The third-order valence-corrected chi connectivity index (χ3v) is 4.67. The summed E-state index contributed by atoms with van der Waals surface area (Å²) in [6, 6.07) is 0.0728. The zero-order valence-electron chi connectivity index (χ0n) is 30.3. The van der Waals surface area contributed by atoms with Crippen LogP contribution in [-0.2, 0) is 174 Å². The van der Waals surface area contributed by atoms with Gasteiger partial charge in [0, 0.05) is 149 Å². The second-order valence-electron chi connectivity index (χ2n) is 9.10. The zero-order chi connectivity index (χ0) is 32.1. The van der Waals surface area contributed by atoms with Gasteiger partial charge in [-0.3, -0.25) is 24.0 Å². The van der Waals surface area contributed by atoms with E-state index in [1.54, 1.807) is 13.8 Å². The van der Waals surface area contributed by atoms with Crippen LogP contribution in [0, 0.1) is 35.6 Å². The molecule has 0 atom stereocenters. The first kappa shape index (κ1) is 71.2. The first-order valence-corrected chi connectivity index (χ1v) is 12.8. The molecule has 0 fully saturated rings. The van der Waals surface area contributed by atoms with Gasteiger partial charge < -0.3 is 96.7 Å². The van der Waals surface area contributed by atoms with Gasteiger partial charge in [0.25, 0.3) is 0 Å². The number of hydrogen-bond acceptors (Lipinski definition) is 10. The van der Waals surface area contributed by atoms with Gasteiger partial charge in [-0.25, -0.2) is 0 Å². The topological polar surface area (TPSA) is 270 Å². The van der Waals surface area contributed by atoms with Crippen LogP contribution in [0.3, 0.4) is 0 Å².